The van der Waals surface area contributed by atoms with E-state index in [1.54, 1.807) is 46.5 Å². The summed E-state index contributed by atoms with van der Waals surface area (Å²) in [5, 5.41) is 17.5. The lowest BCUT2D eigenvalue weighted by Crippen LogP contribution is -2.36. The molecule has 0 spiro atoms. The maximum Gasteiger partial charge on any atom is 0.446 e. The zero-order valence-electron chi connectivity index (χ0n) is 58.6. The summed E-state index contributed by atoms with van der Waals surface area (Å²) in [5.74, 6) is 1.71. The second-order valence-corrected chi connectivity index (χ2v) is 26.5. The number of alkyl halides is 3. The number of likely N-dealkylation sites (tertiary alicyclic amines) is 3. The van der Waals surface area contributed by atoms with E-state index in [0.29, 0.717) is 47.1 Å². The lowest BCUT2D eigenvalue weighted by atomic mass is 10.0. The number of aromatic carboxylic acids is 1. The highest BCUT2D eigenvalue weighted by Crippen LogP contribution is 2.25. The Kier molecular flexibility index (Phi) is 34.0. The minimum Gasteiger partial charge on any atom is -0.478 e. The molecule has 4 atom stereocenters. The number of anilines is 2. The molecule has 0 saturated carbocycles. The monoisotopic (exact) mass is 1410 g/mol. The van der Waals surface area contributed by atoms with Crippen LogP contribution in [0.2, 0.25) is 5.28 Å². The van der Waals surface area contributed by atoms with E-state index in [9.17, 15) is 41.9 Å². The van der Waals surface area contributed by atoms with Crippen molar-refractivity contribution in [2.24, 2.45) is 23.5 Å². The Labute approximate surface area is 588 Å². The number of benzene rings is 2. The maximum atomic E-state index is 12.7. The van der Waals surface area contributed by atoms with E-state index >= 15 is 0 Å². The molecule has 10 rings (SSSR count). The van der Waals surface area contributed by atoms with Gasteiger partial charge >= 0.3 is 24.3 Å². The van der Waals surface area contributed by atoms with Crippen LogP contribution in [0.1, 0.15) is 128 Å². The van der Waals surface area contributed by atoms with Gasteiger partial charge in [0.05, 0.1) is 5.56 Å². The van der Waals surface area contributed by atoms with E-state index in [-0.39, 0.29) is 41.5 Å². The number of halogens is 4. The van der Waals surface area contributed by atoms with Crippen LogP contribution in [0, 0.1) is 45.4 Å². The van der Waals surface area contributed by atoms with Gasteiger partial charge in [-0.25, -0.2) is 44.3 Å². The number of aldehydes is 1. The minimum atomic E-state index is -4.64. The van der Waals surface area contributed by atoms with Crippen LogP contribution >= 0.6 is 11.6 Å². The number of amides is 5. The van der Waals surface area contributed by atoms with Gasteiger partial charge in [0.2, 0.25) is 23.4 Å². The number of pyridine rings is 1. The molecule has 2 aromatic carbocycles. The third-order valence-electron chi connectivity index (χ3n) is 14.7. The molecule has 4 aromatic heterocycles. The second kappa shape index (κ2) is 41.1. The van der Waals surface area contributed by atoms with Crippen molar-refractivity contribution < 1.29 is 61.3 Å². The molecule has 28 heteroatoms. The van der Waals surface area contributed by atoms with Crippen LogP contribution in [0.5, 0.6) is 0 Å². The number of aryl methyl sites for hydroxylation is 4. The van der Waals surface area contributed by atoms with Crippen LogP contribution in [0.3, 0.4) is 0 Å². The van der Waals surface area contributed by atoms with Gasteiger partial charge in [0, 0.05) is 124 Å². The second-order valence-electron chi connectivity index (χ2n) is 26.1. The Morgan fingerprint density at radius 3 is 1.36 bits per heavy atom. The molecule has 540 valence electrons. The molecule has 4 fully saturated rings. The highest BCUT2D eigenvalue weighted by Gasteiger charge is 2.32. The van der Waals surface area contributed by atoms with E-state index in [2.05, 4.69) is 83.1 Å². The quantitative estimate of drug-likeness (QED) is 0.0432. The summed E-state index contributed by atoms with van der Waals surface area (Å²) < 4.78 is 41.8. The topological polar surface area (TPSA) is 320 Å². The third-order valence-corrected chi connectivity index (χ3v) is 14.9. The number of ether oxygens (including phenoxy) is 2. The number of carboxylic acid groups (broad SMARTS) is 1. The number of nitrogens with one attached hydrogen (secondary N) is 3. The first-order chi connectivity index (χ1) is 47.1. The zero-order chi connectivity index (χ0) is 74.2. The first-order valence-electron chi connectivity index (χ1n) is 32.5. The highest BCUT2D eigenvalue weighted by molar-refractivity contribution is 6.28. The average molecular weight is 1410 g/mol. The standard InChI is InChI=1S/C20H22N4O2.C15H23N3O2.C11H16N2.C10H9NO3.C9H18N2O2.C5H5ClN2.C2HF3O/c1-3-19(25)23-17-6-4-16(5-7-17)20(26)24-9-8-15(13-24)10-18-21-11-14(2)12-22-18;1-11-8-16-13(17-9-11)7-12-5-6-18(10-12)14(19)20-15(2,3)4;1-9-2-3-11(13-7-9)6-10-4-5-12-8-10;1-2-9(12)11-8-5-3-7(4-6-8)10(13)14;1-9(2,3)13-8(12)11-5-4-7(10)6-11;1-4-2-7-5(6)8-3-4;3-2(4,5)1-6/h3-7,11-12,15H,1,8-10,13H2,2H3,(H,23,25);8-9,12H,5-7,10H2,1-4H3;2-3,7,10,12H,4-6,8H2,1H3;2-6H,1H2,(H,11,12)(H,13,14);7H,4-6,10H2,1-3H3;2-3H,1H3;1H/t15-;12-;10-;;7-;;/m000.1../s1. The summed E-state index contributed by atoms with van der Waals surface area (Å²) in [6, 6.07) is 17.2. The molecule has 0 radical (unpaired) electrons. The van der Waals surface area contributed by atoms with Crippen LogP contribution in [-0.2, 0) is 43.1 Å². The largest absolute Gasteiger partial charge is 0.478 e. The van der Waals surface area contributed by atoms with Crippen LogP contribution in [0.15, 0.2) is 129 Å². The van der Waals surface area contributed by atoms with E-state index in [4.69, 9.17) is 36.7 Å². The van der Waals surface area contributed by atoms with Crippen LogP contribution in [0.25, 0.3) is 0 Å². The molecule has 5 amide bonds. The van der Waals surface area contributed by atoms with Gasteiger partial charge in [0.15, 0.2) is 0 Å². The Morgan fingerprint density at radius 2 is 0.990 bits per heavy atom. The highest BCUT2D eigenvalue weighted by atomic mass is 35.5. The van der Waals surface area contributed by atoms with Crippen molar-refractivity contribution in [2.45, 2.75) is 138 Å². The predicted octanol–water partition coefficient (Wildman–Crippen LogP) is 11.4. The first-order valence-corrected chi connectivity index (χ1v) is 32.9. The molecule has 6 aromatic rings. The third kappa shape index (κ3) is 33.8. The Hall–Kier alpha value is -9.60. The Bertz CT molecular complexity index is 3540. The van der Waals surface area contributed by atoms with Gasteiger partial charge in [0.1, 0.15) is 22.9 Å². The molecule has 4 saturated heterocycles. The van der Waals surface area contributed by atoms with Crippen LogP contribution in [-0.4, -0.2) is 173 Å². The molecule has 4 aliphatic rings. The lowest BCUT2D eigenvalue weighted by molar-refractivity contribution is -0.156. The van der Waals surface area contributed by atoms with E-state index in [1.165, 1.54) is 54.6 Å². The number of nitrogens with zero attached hydrogens (tertiary/aromatic N) is 10. The molecule has 0 aliphatic carbocycles. The molecule has 6 N–H and O–H groups in total. The average Bonchev–Trinajstić information content (AvgIpc) is 1.66. The summed E-state index contributed by atoms with van der Waals surface area (Å²) in [4.78, 5) is 112. The molecular weight excluding hydrogens is 1310 g/mol. The van der Waals surface area contributed by atoms with E-state index in [1.807, 2.05) is 98.2 Å². The molecule has 8 heterocycles. The molecule has 0 bridgehead atoms. The van der Waals surface area contributed by atoms with Gasteiger partial charge < -0.3 is 51.0 Å². The minimum absolute atomic E-state index is 0.0129. The van der Waals surface area contributed by atoms with Crippen molar-refractivity contribution in [3.8, 4) is 0 Å². The van der Waals surface area contributed by atoms with Crippen LogP contribution < -0.4 is 21.7 Å². The fraction of sp³-hybridized carbons (Fsp3) is 0.444. The van der Waals surface area contributed by atoms with Gasteiger partial charge in [-0.2, -0.15) is 13.2 Å². The molecule has 4 aliphatic heterocycles. The summed E-state index contributed by atoms with van der Waals surface area (Å²) in [6.07, 6.45) is 15.7. The molecule has 100 heavy (non-hydrogen) atoms. The maximum absolute atomic E-state index is 12.7. The fourth-order valence-corrected chi connectivity index (χ4v) is 9.76. The van der Waals surface area contributed by atoms with Gasteiger partial charge in [-0.1, -0.05) is 19.2 Å². The molecule has 24 nitrogen and oxygen atoms in total. The predicted molar refractivity (Wildman–Crippen MR) is 376 cm³/mol. The summed E-state index contributed by atoms with van der Waals surface area (Å²) >= 11 is 5.39. The summed E-state index contributed by atoms with van der Waals surface area (Å²) in [6.45, 7) is 32.5. The normalized spacial score (nSPS) is 16.7. The van der Waals surface area contributed by atoms with Gasteiger partial charge in [-0.3, -0.25) is 24.2 Å². The first kappa shape index (κ1) is 82.8. The number of hydrogen-bond acceptors (Lipinski definition) is 18. The van der Waals surface area contributed by atoms with Crippen molar-refractivity contribution in [3.05, 3.63) is 185 Å². The fourth-order valence-electron chi connectivity index (χ4n) is 9.66. The van der Waals surface area contributed by atoms with Crippen molar-refractivity contribution >= 4 is 65.1 Å². The van der Waals surface area contributed by atoms with E-state index < -0.39 is 29.6 Å². The lowest BCUT2D eigenvalue weighted by Gasteiger charge is -2.24. The van der Waals surface area contributed by atoms with Crippen LogP contribution in [0.4, 0.5) is 34.1 Å². The number of carbonyl (C=O) groups is 7. The number of carbonyl (C=O) groups excluding carboxylic acids is 6. The SMILES string of the molecule is C=CC(=O)Nc1ccc(C(=O)N2CC[C@@H](Cc3ncc(C)cn3)C2)cc1.C=CC(=O)Nc1ccc(C(=O)O)cc1.CC(C)(C)OC(=O)N1CC[C@@H](N)C1.Cc1ccc(C[C@@H]2CCNC2)nc1.Cc1cnc(C[C@@H]2CCN(C(=O)OC(C)(C)C)C2)nc1.Cc1cnc(Cl)nc1.O=CC(F)(F)F. The number of nitrogens with two attached hydrogens (primary N) is 1. The van der Waals surface area contributed by atoms with Crippen molar-refractivity contribution in [1.29, 1.82) is 0 Å². The zero-order valence-corrected chi connectivity index (χ0v) is 59.3. The number of rotatable bonds is 12. The van der Waals surface area contributed by atoms with Gasteiger partial charge in [0.25, 0.3) is 5.91 Å². The summed E-state index contributed by atoms with van der Waals surface area (Å²) in [7, 11) is 0. The van der Waals surface area contributed by atoms with Crippen molar-refractivity contribution in [3.63, 3.8) is 0 Å². The van der Waals surface area contributed by atoms with Crippen molar-refractivity contribution in [1.82, 2.24) is 54.9 Å². The number of aromatic nitrogens is 7. The van der Waals surface area contributed by atoms with Crippen molar-refractivity contribution in [2.75, 3.05) is 63.0 Å². The molecule has 0 unspecified atom stereocenters. The summed E-state index contributed by atoms with van der Waals surface area (Å²) in [5.41, 5.74) is 12.4. The Balaban J connectivity index is 0.000000258. The Morgan fingerprint density at radius 1 is 0.580 bits per heavy atom. The number of hydrogen-bond donors (Lipinski definition) is 5. The van der Waals surface area contributed by atoms with E-state index in [0.717, 1.165) is 112 Å². The molecular formula is C72H94ClF3N14O10. The van der Waals surface area contributed by atoms with Gasteiger partial charge in [-0.05, 0) is 233 Å². The van der Waals surface area contributed by atoms with Gasteiger partial charge in [-0.15, -0.1) is 0 Å². The smallest absolute Gasteiger partial charge is 0.446 e. The number of carboxylic acids is 1.